The Morgan fingerprint density at radius 3 is 2.50 bits per heavy atom. The van der Waals surface area contributed by atoms with Gasteiger partial charge in [0, 0.05) is 32.1 Å². The van der Waals surface area contributed by atoms with Gasteiger partial charge in [-0.25, -0.2) is 4.39 Å². The van der Waals surface area contributed by atoms with E-state index in [1.807, 2.05) is 15.9 Å². The molecule has 116 valence electrons. The van der Waals surface area contributed by atoms with Gasteiger partial charge < -0.3 is 9.80 Å². The van der Waals surface area contributed by atoms with Gasteiger partial charge in [0.2, 0.25) is 5.91 Å². The normalized spacial score (nSPS) is 19.3. The minimum Gasteiger partial charge on any atom is -0.367 e. The van der Waals surface area contributed by atoms with Crippen molar-refractivity contribution in [3.05, 3.63) is 29.6 Å². The summed E-state index contributed by atoms with van der Waals surface area (Å²) in [5, 5.41) is 9.13. The van der Waals surface area contributed by atoms with Crippen LogP contribution in [-0.2, 0) is 4.79 Å². The fourth-order valence-corrected chi connectivity index (χ4v) is 3.49. The lowest BCUT2D eigenvalue weighted by atomic mass is 10.1. The molecule has 4 nitrogen and oxygen atoms in total. The fraction of sp³-hybridized carbons (Fsp3) is 0.529. The first kappa shape index (κ1) is 14.8. The van der Waals surface area contributed by atoms with Crippen LogP contribution in [0.25, 0.3) is 0 Å². The summed E-state index contributed by atoms with van der Waals surface area (Å²) < 4.78 is 13.7. The number of amides is 1. The number of piperazine rings is 1. The lowest BCUT2D eigenvalue weighted by Crippen LogP contribution is -2.50. The maximum absolute atomic E-state index is 13.7. The van der Waals surface area contributed by atoms with Gasteiger partial charge in [-0.1, -0.05) is 18.9 Å². The molecule has 3 rings (SSSR count). The molecule has 1 aromatic carbocycles. The minimum absolute atomic E-state index is 0.0954. The van der Waals surface area contributed by atoms with Gasteiger partial charge in [-0.05, 0) is 25.0 Å². The van der Waals surface area contributed by atoms with Crippen molar-refractivity contribution in [2.45, 2.75) is 25.7 Å². The van der Waals surface area contributed by atoms with Gasteiger partial charge in [0.15, 0.2) is 0 Å². The Morgan fingerprint density at radius 2 is 1.86 bits per heavy atom. The first-order chi connectivity index (χ1) is 10.7. The van der Waals surface area contributed by atoms with Crippen LogP contribution < -0.4 is 4.90 Å². The Balaban J connectivity index is 1.66. The van der Waals surface area contributed by atoms with Crippen molar-refractivity contribution in [1.82, 2.24) is 4.90 Å². The van der Waals surface area contributed by atoms with Gasteiger partial charge in [-0.15, -0.1) is 0 Å². The smallest absolute Gasteiger partial charge is 0.225 e. The third-order valence-electron chi connectivity index (χ3n) is 4.74. The van der Waals surface area contributed by atoms with Crippen molar-refractivity contribution in [3.8, 4) is 6.07 Å². The zero-order chi connectivity index (χ0) is 15.5. The predicted molar refractivity (Wildman–Crippen MR) is 81.9 cm³/mol. The highest BCUT2D eigenvalue weighted by Crippen LogP contribution is 2.28. The van der Waals surface area contributed by atoms with Crippen LogP contribution in [0.15, 0.2) is 18.2 Å². The SMILES string of the molecule is N#Cc1c(F)cccc1N1CCN(C(=O)C2CCCC2)CC1. The standard InChI is InChI=1S/C17H20FN3O/c18-15-6-3-7-16(14(15)12-19)20-8-10-21(11-9-20)17(22)13-4-1-2-5-13/h3,6-7,13H,1-2,4-5,8-11H2. The molecule has 1 aromatic rings. The van der Waals surface area contributed by atoms with E-state index in [-0.39, 0.29) is 17.4 Å². The molecule has 0 spiro atoms. The highest BCUT2D eigenvalue weighted by Gasteiger charge is 2.30. The molecule has 1 aliphatic carbocycles. The van der Waals surface area contributed by atoms with Crippen molar-refractivity contribution in [1.29, 1.82) is 5.26 Å². The van der Waals surface area contributed by atoms with E-state index in [2.05, 4.69) is 0 Å². The second-order valence-corrected chi connectivity index (χ2v) is 6.04. The van der Waals surface area contributed by atoms with E-state index in [4.69, 9.17) is 5.26 Å². The van der Waals surface area contributed by atoms with E-state index in [1.165, 1.54) is 6.07 Å². The molecule has 0 atom stereocenters. The van der Waals surface area contributed by atoms with Gasteiger partial charge in [-0.2, -0.15) is 5.26 Å². The van der Waals surface area contributed by atoms with Gasteiger partial charge in [-0.3, -0.25) is 4.79 Å². The molecule has 0 aromatic heterocycles. The van der Waals surface area contributed by atoms with E-state index in [1.54, 1.807) is 12.1 Å². The minimum atomic E-state index is -0.482. The second-order valence-electron chi connectivity index (χ2n) is 6.04. The molecule has 1 amide bonds. The summed E-state index contributed by atoms with van der Waals surface area (Å²) in [4.78, 5) is 16.3. The molecular weight excluding hydrogens is 281 g/mol. The van der Waals surface area contributed by atoms with Gasteiger partial charge in [0.05, 0.1) is 5.69 Å². The van der Waals surface area contributed by atoms with Crippen LogP contribution in [0, 0.1) is 23.1 Å². The molecule has 0 unspecified atom stereocenters. The number of halogens is 1. The second kappa shape index (κ2) is 6.35. The van der Waals surface area contributed by atoms with Crippen molar-refractivity contribution >= 4 is 11.6 Å². The molecule has 5 heteroatoms. The molecule has 1 saturated heterocycles. The van der Waals surface area contributed by atoms with Crippen molar-refractivity contribution in [3.63, 3.8) is 0 Å². The molecule has 1 aliphatic heterocycles. The third-order valence-corrected chi connectivity index (χ3v) is 4.74. The predicted octanol–water partition coefficient (Wildman–Crippen LogP) is 2.54. The molecular formula is C17H20FN3O. The summed E-state index contributed by atoms with van der Waals surface area (Å²) in [6.07, 6.45) is 4.35. The number of carbonyl (C=O) groups excluding carboxylic acids is 1. The van der Waals surface area contributed by atoms with E-state index in [0.29, 0.717) is 31.9 Å². The van der Waals surface area contributed by atoms with E-state index >= 15 is 0 Å². The molecule has 0 bridgehead atoms. The lowest BCUT2D eigenvalue weighted by molar-refractivity contribution is -0.135. The van der Waals surface area contributed by atoms with Crippen molar-refractivity contribution in [2.24, 2.45) is 5.92 Å². The summed E-state index contributed by atoms with van der Waals surface area (Å²) in [6.45, 7) is 2.60. The number of anilines is 1. The molecule has 2 fully saturated rings. The monoisotopic (exact) mass is 301 g/mol. The van der Waals surface area contributed by atoms with Gasteiger partial charge >= 0.3 is 0 Å². The van der Waals surface area contributed by atoms with Crippen LogP contribution >= 0.6 is 0 Å². The van der Waals surface area contributed by atoms with Crippen LogP contribution in [0.5, 0.6) is 0 Å². The van der Waals surface area contributed by atoms with Crippen molar-refractivity contribution < 1.29 is 9.18 Å². The molecule has 1 saturated carbocycles. The fourth-order valence-electron chi connectivity index (χ4n) is 3.49. The number of carbonyl (C=O) groups is 1. The van der Waals surface area contributed by atoms with E-state index < -0.39 is 5.82 Å². The summed E-state index contributed by atoms with van der Waals surface area (Å²) in [5.74, 6) is -0.00301. The van der Waals surface area contributed by atoms with Crippen LogP contribution in [-0.4, -0.2) is 37.0 Å². The highest BCUT2D eigenvalue weighted by molar-refractivity contribution is 5.79. The van der Waals surface area contributed by atoms with Gasteiger partial charge in [0.25, 0.3) is 0 Å². The van der Waals surface area contributed by atoms with Crippen LogP contribution in [0.4, 0.5) is 10.1 Å². The number of hydrogen-bond donors (Lipinski definition) is 0. The largest absolute Gasteiger partial charge is 0.367 e. The first-order valence-corrected chi connectivity index (χ1v) is 7.93. The number of benzene rings is 1. The average molecular weight is 301 g/mol. The Kier molecular flexibility index (Phi) is 4.28. The molecule has 0 N–H and O–H groups in total. The lowest BCUT2D eigenvalue weighted by Gasteiger charge is -2.37. The van der Waals surface area contributed by atoms with Crippen molar-refractivity contribution in [2.75, 3.05) is 31.1 Å². The van der Waals surface area contributed by atoms with E-state index in [9.17, 15) is 9.18 Å². The Hall–Kier alpha value is -2.09. The number of rotatable bonds is 2. The zero-order valence-corrected chi connectivity index (χ0v) is 12.6. The quantitative estimate of drug-likeness (QED) is 0.843. The molecule has 1 heterocycles. The average Bonchev–Trinajstić information content (AvgIpc) is 3.08. The Morgan fingerprint density at radius 1 is 1.18 bits per heavy atom. The molecule has 22 heavy (non-hydrogen) atoms. The highest BCUT2D eigenvalue weighted by atomic mass is 19.1. The Labute approximate surface area is 130 Å². The van der Waals surface area contributed by atoms with Crippen LogP contribution in [0.3, 0.4) is 0 Å². The third kappa shape index (κ3) is 2.78. The zero-order valence-electron chi connectivity index (χ0n) is 12.6. The topological polar surface area (TPSA) is 47.3 Å². The summed E-state index contributed by atoms with van der Waals surface area (Å²) >= 11 is 0. The number of nitrogens with zero attached hydrogens (tertiary/aromatic N) is 3. The molecule has 2 aliphatic rings. The maximum atomic E-state index is 13.7. The van der Waals surface area contributed by atoms with Crippen LogP contribution in [0.1, 0.15) is 31.2 Å². The van der Waals surface area contributed by atoms with Crippen LogP contribution in [0.2, 0.25) is 0 Å². The van der Waals surface area contributed by atoms with E-state index in [0.717, 1.165) is 25.7 Å². The number of hydrogen-bond acceptors (Lipinski definition) is 3. The summed E-state index contributed by atoms with van der Waals surface area (Å²) in [6, 6.07) is 6.65. The Bertz CT molecular complexity index is 596. The maximum Gasteiger partial charge on any atom is 0.225 e. The van der Waals surface area contributed by atoms with Gasteiger partial charge in [0.1, 0.15) is 17.4 Å². The first-order valence-electron chi connectivity index (χ1n) is 7.93. The summed E-state index contributed by atoms with van der Waals surface area (Å²) in [7, 11) is 0. The number of nitriles is 1. The molecule has 0 radical (unpaired) electrons. The summed E-state index contributed by atoms with van der Waals surface area (Å²) in [5.41, 5.74) is 0.730.